The van der Waals surface area contributed by atoms with Crippen molar-refractivity contribution in [3.05, 3.63) is 51.8 Å². The highest BCUT2D eigenvalue weighted by Gasteiger charge is 2.62. The van der Waals surface area contributed by atoms with Crippen molar-refractivity contribution in [1.82, 2.24) is 24.8 Å². The predicted molar refractivity (Wildman–Crippen MR) is 217 cm³/mol. The fourth-order valence-electron chi connectivity index (χ4n) is 9.80. The van der Waals surface area contributed by atoms with Gasteiger partial charge in [-0.2, -0.15) is 0 Å². The highest BCUT2D eigenvalue weighted by Crippen LogP contribution is 2.47. The van der Waals surface area contributed by atoms with Gasteiger partial charge in [0.05, 0.1) is 11.8 Å². The Hall–Kier alpha value is -4.11. The zero-order valence-electron chi connectivity index (χ0n) is 33.0. The quantitative estimate of drug-likeness (QED) is 0.320. The van der Waals surface area contributed by atoms with Crippen LogP contribution in [0.25, 0.3) is 10.8 Å². The van der Waals surface area contributed by atoms with E-state index in [4.69, 9.17) is 21.1 Å². The van der Waals surface area contributed by atoms with Crippen LogP contribution in [0.3, 0.4) is 0 Å². The van der Waals surface area contributed by atoms with Gasteiger partial charge in [-0.15, -0.1) is 0 Å². The zero-order valence-corrected chi connectivity index (χ0v) is 34.5. The molecule has 5 fully saturated rings. The molecule has 16 heteroatoms. The first-order valence-electron chi connectivity index (χ1n) is 21.2. The Balaban J connectivity index is 1.15. The summed E-state index contributed by atoms with van der Waals surface area (Å²) in [6, 6.07) is 4.69. The molecule has 0 unspecified atom stereocenters. The largest absolute Gasteiger partial charge is 0.473 e. The van der Waals surface area contributed by atoms with Gasteiger partial charge in [0.1, 0.15) is 29.8 Å². The Morgan fingerprint density at radius 3 is 2.48 bits per heavy atom. The number of sulfonamides is 1. The maximum Gasteiger partial charge on any atom is 0.408 e. The molecule has 4 saturated carbocycles. The van der Waals surface area contributed by atoms with Crippen LogP contribution in [0, 0.1) is 17.8 Å². The van der Waals surface area contributed by atoms with E-state index in [-0.39, 0.29) is 54.7 Å². The van der Waals surface area contributed by atoms with E-state index in [1.54, 1.807) is 28.8 Å². The second kappa shape index (κ2) is 16.5. The summed E-state index contributed by atoms with van der Waals surface area (Å²) in [6.07, 6.45) is 12.1. The molecule has 14 nitrogen and oxygen atoms in total. The summed E-state index contributed by atoms with van der Waals surface area (Å²) in [4.78, 5) is 72.4. The number of nitrogens with one attached hydrogen (secondary N) is 3. The molecule has 314 valence electrons. The third kappa shape index (κ3) is 8.35. The summed E-state index contributed by atoms with van der Waals surface area (Å²) >= 11 is 6.35. The highest BCUT2D eigenvalue weighted by atomic mass is 35.5. The molecule has 2 aliphatic heterocycles. The van der Waals surface area contributed by atoms with Crippen LogP contribution in [0.15, 0.2) is 41.2 Å². The average molecular weight is 840 g/mol. The summed E-state index contributed by atoms with van der Waals surface area (Å²) < 4.78 is 42.2. The van der Waals surface area contributed by atoms with Gasteiger partial charge in [0.2, 0.25) is 21.8 Å². The molecule has 2 bridgehead atoms. The van der Waals surface area contributed by atoms with E-state index >= 15 is 0 Å². The lowest BCUT2D eigenvalue weighted by Gasteiger charge is -2.35. The minimum atomic E-state index is -3.89. The lowest BCUT2D eigenvalue weighted by Crippen LogP contribution is -2.59. The molecule has 1 saturated heterocycles. The van der Waals surface area contributed by atoms with Crippen molar-refractivity contribution < 1.29 is 37.1 Å². The normalized spacial score (nSPS) is 31.4. The number of pyridine rings is 1. The minimum Gasteiger partial charge on any atom is -0.473 e. The van der Waals surface area contributed by atoms with E-state index in [1.807, 2.05) is 13.0 Å². The van der Waals surface area contributed by atoms with Crippen molar-refractivity contribution in [2.24, 2.45) is 17.8 Å². The molecule has 0 radical (unpaired) electrons. The van der Waals surface area contributed by atoms with Crippen LogP contribution in [-0.2, 0) is 35.7 Å². The molecule has 8 rings (SSSR count). The van der Waals surface area contributed by atoms with Gasteiger partial charge >= 0.3 is 6.09 Å². The van der Waals surface area contributed by atoms with Gasteiger partial charge in [-0.1, -0.05) is 56.4 Å². The Morgan fingerprint density at radius 1 is 0.966 bits per heavy atom. The average Bonchev–Trinajstić information content (AvgIpc) is 4.09. The molecule has 1 aromatic carbocycles. The molecule has 58 heavy (non-hydrogen) atoms. The lowest BCUT2D eigenvalue weighted by molar-refractivity contribution is -0.142. The Kier molecular flexibility index (Phi) is 11.6. The van der Waals surface area contributed by atoms with Gasteiger partial charge in [-0.05, 0) is 106 Å². The van der Waals surface area contributed by atoms with E-state index in [9.17, 15) is 32.4 Å². The van der Waals surface area contributed by atoms with Crippen LogP contribution in [0.4, 0.5) is 4.79 Å². The summed E-state index contributed by atoms with van der Waals surface area (Å²) in [7, 11) is -3.89. The molecule has 3 N–H and O–H groups in total. The second-order valence-electron chi connectivity index (χ2n) is 17.2. The number of carbonyl (C=O) groups is 4. The highest BCUT2D eigenvalue weighted by molar-refractivity contribution is 7.91. The van der Waals surface area contributed by atoms with Crippen LogP contribution in [0.1, 0.15) is 103 Å². The standard InChI is InChI=1S/C42H54ClN5O9S/c1-2-28-23-42(28,40(52)46-58(54,55)31-16-17-31)45-37(49)33-22-30-24-48(33)39(51)36(26-11-5-3-6-12-26)44-41(53)57-34-14-9-13-25(34)10-7-4-8-19-47-35(56-30)21-27-20-29(43)15-18-32(27)38(47)50/h4,7,15,18,20-21,25-26,28,30-31,33-34,36H,2-3,5-6,8-14,16-17,19,22-24H2,1H3,(H,44,53)(H,45,49)(H,46,52)/b7-4+/t25-,28-,30-,33+,34-,36+,42-/m1/s1. The number of ether oxygens (including phenoxy) is 2. The van der Waals surface area contributed by atoms with Gasteiger partial charge in [0, 0.05) is 29.4 Å². The maximum atomic E-state index is 15.0. The molecular weight excluding hydrogens is 786 g/mol. The van der Waals surface area contributed by atoms with Crippen LogP contribution >= 0.6 is 11.6 Å². The molecule has 6 aliphatic rings. The zero-order chi connectivity index (χ0) is 40.8. The van der Waals surface area contributed by atoms with Gasteiger partial charge in [-0.3, -0.25) is 28.5 Å². The monoisotopic (exact) mass is 839 g/mol. The molecule has 7 atom stereocenters. The molecule has 3 heterocycles. The second-order valence-corrected chi connectivity index (χ2v) is 19.6. The van der Waals surface area contributed by atoms with Gasteiger partial charge in [-0.25, -0.2) is 13.2 Å². The molecule has 0 spiro atoms. The SMILES string of the molecule is CC[C@@H]1C[C@]1(NC(=O)[C@@H]1C[C@@H]2CN1C(=O)[C@H](C1CCCCC1)NC(=O)O[C@@H]1CCC[C@H]1C/C=C/CCn1c(cc3cc(Cl)ccc3c1=O)O2)C(=O)NS(=O)(=O)C1CC1. The smallest absolute Gasteiger partial charge is 0.408 e. The first-order valence-corrected chi connectivity index (χ1v) is 23.1. The number of halogens is 1. The number of amides is 4. The molecular formula is C42H54ClN5O9S. The molecule has 4 aliphatic carbocycles. The van der Waals surface area contributed by atoms with Crippen LogP contribution in [-0.4, -0.2) is 83.3 Å². The maximum absolute atomic E-state index is 15.0. The van der Waals surface area contributed by atoms with E-state index in [2.05, 4.69) is 21.4 Å². The Labute approximate surface area is 343 Å². The Morgan fingerprint density at radius 2 is 1.74 bits per heavy atom. The number of aromatic nitrogens is 1. The van der Waals surface area contributed by atoms with E-state index in [1.165, 1.54) is 4.90 Å². The number of allylic oxidation sites excluding steroid dienone is 2. The molecule has 2 aromatic rings. The first-order chi connectivity index (χ1) is 27.9. The predicted octanol–water partition coefficient (Wildman–Crippen LogP) is 5.09. The number of rotatable bonds is 7. The third-order valence-electron chi connectivity index (χ3n) is 13.4. The van der Waals surface area contributed by atoms with Crippen molar-refractivity contribution >= 4 is 56.2 Å². The van der Waals surface area contributed by atoms with Gasteiger partial charge in [0.15, 0.2) is 5.88 Å². The minimum absolute atomic E-state index is 0.0136. The van der Waals surface area contributed by atoms with E-state index in [0.29, 0.717) is 67.3 Å². The number of alkyl carbamates (subject to hydrolysis) is 1. The van der Waals surface area contributed by atoms with Gasteiger partial charge < -0.3 is 25.0 Å². The topological polar surface area (TPSA) is 182 Å². The summed E-state index contributed by atoms with van der Waals surface area (Å²) in [5, 5.41) is 6.74. The fourth-order valence-corrected chi connectivity index (χ4v) is 11.3. The Bertz CT molecular complexity index is 2150. The number of hydrogen-bond donors (Lipinski definition) is 3. The molecule has 1 aromatic heterocycles. The van der Waals surface area contributed by atoms with Crippen LogP contribution in [0.5, 0.6) is 5.88 Å². The summed E-state index contributed by atoms with van der Waals surface area (Å²) in [5.41, 5.74) is -1.72. The third-order valence-corrected chi connectivity index (χ3v) is 15.4. The number of hydrogen-bond acceptors (Lipinski definition) is 9. The van der Waals surface area contributed by atoms with Crippen molar-refractivity contribution in [2.75, 3.05) is 6.54 Å². The molecule has 4 amide bonds. The van der Waals surface area contributed by atoms with Crippen molar-refractivity contribution in [3.8, 4) is 5.88 Å². The van der Waals surface area contributed by atoms with Crippen LogP contribution in [0.2, 0.25) is 5.02 Å². The van der Waals surface area contributed by atoms with E-state index < -0.39 is 62.8 Å². The van der Waals surface area contributed by atoms with Crippen LogP contribution < -0.4 is 25.7 Å². The summed E-state index contributed by atoms with van der Waals surface area (Å²) in [5.74, 6) is -1.97. The summed E-state index contributed by atoms with van der Waals surface area (Å²) in [6.45, 7) is 2.13. The van der Waals surface area contributed by atoms with Gasteiger partial charge in [0.25, 0.3) is 11.5 Å². The number of carbonyl (C=O) groups excluding carboxylic acids is 4. The number of fused-ring (bicyclic) bond motifs is 5. The van der Waals surface area contributed by atoms with Crippen molar-refractivity contribution in [3.63, 3.8) is 0 Å². The number of benzene rings is 1. The van der Waals surface area contributed by atoms with Crippen molar-refractivity contribution in [2.45, 2.75) is 145 Å². The lowest BCUT2D eigenvalue weighted by atomic mass is 9.83. The van der Waals surface area contributed by atoms with Crippen molar-refractivity contribution in [1.29, 1.82) is 0 Å². The van der Waals surface area contributed by atoms with E-state index in [0.717, 1.165) is 38.5 Å². The first kappa shape index (κ1) is 40.7. The fraction of sp³-hybridized carbons (Fsp3) is 0.643. The number of nitrogens with zero attached hydrogens (tertiary/aromatic N) is 2.